The summed E-state index contributed by atoms with van der Waals surface area (Å²) in [5, 5.41) is 11.4. The minimum atomic E-state index is -0.506. The Morgan fingerprint density at radius 1 is 1.37 bits per heavy atom. The molecule has 0 fully saturated rings. The average Bonchev–Trinajstić information content (AvgIpc) is 2.82. The third-order valence-corrected chi connectivity index (χ3v) is 4.17. The molecule has 1 N–H and O–H groups in total. The number of aromatic nitrogens is 1. The molecule has 0 aliphatic heterocycles. The molecule has 2 unspecified atom stereocenters. The maximum absolute atomic E-state index is 10.7. The van der Waals surface area contributed by atoms with Gasteiger partial charge in [-0.05, 0) is 54.7 Å². The lowest BCUT2D eigenvalue weighted by molar-refractivity contribution is 0.142. The molecule has 1 aromatic heterocycles. The van der Waals surface area contributed by atoms with Crippen molar-refractivity contribution in [2.45, 2.75) is 31.8 Å². The van der Waals surface area contributed by atoms with E-state index >= 15 is 0 Å². The van der Waals surface area contributed by atoms with Gasteiger partial charge in [0.25, 0.3) is 0 Å². The first-order chi connectivity index (χ1) is 9.16. The summed E-state index contributed by atoms with van der Waals surface area (Å²) in [5.41, 5.74) is 4.29. The Labute approximate surface area is 118 Å². The lowest BCUT2D eigenvalue weighted by Crippen LogP contribution is -2.10. The highest BCUT2D eigenvalue weighted by molar-refractivity contribution is 6.30. The van der Waals surface area contributed by atoms with Crippen LogP contribution in [0.4, 0.5) is 0 Å². The highest BCUT2D eigenvalue weighted by atomic mass is 35.5. The molecular formula is C16H16ClNO. The van der Waals surface area contributed by atoms with Crippen molar-refractivity contribution in [3.8, 4) is 0 Å². The minimum absolute atomic E-state index is 0.0936. The number of aliphatic hydroxyl groups excluding tert-OH is 1. The van der Waals surface area contributed by atoms with E-state index in [-0.39, 0.29) is 5.92 Å². The van der Waals surface area contributed by atoms with Gasteiger partial charge in [-0.25, -0.2) is 0 Å². The summed E-state index contributed by atoms with van der Waals surface area (Å²) in [4.78, 5) is 4.45. The number of fused-ring (bicyclic) bond motifs is 1. The van der Waals surface area contributed by atoms with E-state index in [2.05, 4.69) is 11.1 Å². The van der Waals surface area contributed by atoms with Crippen molar-refractivity contribution in [1.29, 1.82) is 0 Å². The van der Waals surface area contributed by atoms with Crippen LogP contribution in [0.15, 0.2) is 36.5 Å². The summed E-state index contributed by atoms with van der Waals surface area (Å²) in [5.74, 6) is 0.0936. The SMILES string of the molecule is Cc1cc(Cl)ccc1C(O)C1CCc2cccnc21. The molecule has 0 amide bonds. The van der Waals surface area contributed by atoms with Crippen LogP contribution in [-0.2, 0) is 6.42 Å². The summed E-state index contributed by atoms with van der Waals surface area (Å²) in [6.07, 6.45) is 3.25. The van der Waals surface area contributed by atoms with Gasteiger partial charge < -0.3 is 5.11 Å². The van der Waals surface area contributed by atoms with Crippen LogP contribution in [0, 0.1) is 6.92 Å². The summed E-state index contributed by atoms with van der Waals surface area (Å²) in [7, 11) is 0. The predicted octanol–water partition coefficient (Wildman–Crippen LogP) is 3.81. The van der Waals surface area contributed by atoms with Crippen LogP contribution in [0.2, 0.25) is 5.02 Å². The third-order valence-electron chi connectivity index (χ3n) is 3.93. The number of aryl methyl sites for hydroxylation is 2. The molecule has 0 saturated carbocycles. The third kappa shape index (κ3) is 2.26. The van der Waals surface area contributed by atoms with Crippen molar-refractivity contribution in [2.24, 2.45) is 0 Å². The lowest BCUT2D eigenvalue weighted by atomic mass is 9.91. The van der Waals surface area contributed by atoms with Gasteiger partial charge in [0.15, 0.2) is 0 Å². The first-order valence-electron chi connectivity index (χ1n) is 6.54. The molecule has 1 aliphatic carbocycles. The minimum Gasteiger partial charge on any atom is -0.388 e. The van der Waals surface area contributed by atoms with Gasteiger partial charge in [0.1, 0.15) is 0 Å². The van der Waals surface area contributed by atoms with Crippen molar-refractivity contribution in [1.82, 2.24) is 4.98 Å². The molecule has 0 saturated heterocycles. The molecule has 3 rings (SSSR count). The highest BCUT2D eigenvalue weighted by Gasteiger charge is 2.31. The molecule has 2 atom stereocenters. The van der Waals surface area contributed by atoms with Crippen LogP contribution in [0.25, 0.3) is 0 Å². The molecule has 0 bridgehead atoms. The van der Waals surface area contributed by atoms with Gasteiger partial charge >= 0.3 is 0 Å². The van der Waals surface area contributed by atoms with Gasteiger partial charge in [-0.1, -0.05) is 23.7 Å². The van der Waals surface area contributed by atoms with Gasteiger partial charge in [-0.15, -0.1) is 0 Å². The number of nitrogens with zero attached hydrogens (tertiary/aromatic N) is 1. The maximum Gasteiger partial charge on any atom is 0.0876 e. The predicted molar refractivity (Wildman–Crippen MR) is 76.4 cm³/mol. The Kier molecular flexibility index (Phi) is 3.29. The second kappa shape index (κ2) is 4.95. The molecule has 2 nitrogen and oxygen atoms in total. The molecule has 1 heterocycles. The number of rotatable bonds is 2. The van der Waals surface area contributed by atoms with E-state index < -0.39 is 6.10 Å². The largest absolute Gasteiger partial charge is 0.388 e. The Bertz CT molecular complexity index is 611. The van der Waals surface area contributed by atoms with Crippen molar-refractivity contribution in [2.75, 3.05) is 0 Å². The zero-order valence-corrected chi connectivity index (χ0v) is 11.6. The van der Waals surface area contributed by atoms with Crippen LogP contribution in [0.1, 0.15) is 40.8 Å². The molecule has 2 aromatic rings. The maximum atomic E-state index is 10.7. The zero-order chi connectivity index (χ0) is 13.4. The Balaban J connectivity index is 1.95. The Morgan fingerprint density at radius 3 is 3.00 bits per heavy atom. The molecule has 3 heteroatoms. The van der Waals surface area contributed by atoms with E-state index in [4.69, 9.17) is 11.6 Å². The van der Waals surface area contributed by atoms with E-state index in [9.17, 15) is 5.11 Å². The number of pyridine rings is 1. The second-order valence-electron chi connectivity index (χ2n) is 5.14. The standard InChI is InChI=1S/C16H16ClNO/c1-10-9-12(17)5-7-13(10)16(19)14-6-4-11-3-2-8-18-15(11)14/h2-3,5,7-9,14,16,19H,4,6H2,1H3. The first kappa shape index (κ1) is 12.6. The fourth-order valence-electron chi connectivity index (χ4n) is 2.94. The van der Waals surface area contributed by atoms with Gasteiger partial charge in [0.2, 0.25) is 0 Å². The number of hydrogen-bond acceptors (Lipinski definition) is 2. The zero-order valence-electron chi connectivity index (χ0n) is 10.8. The van der Waals surface area contributed by atoms with E-state index in [1.807, 2.05) is 31.2 Å². The average molecular weight is 274 g/mol. The lowest BCUT2D eigenvalue weighted by Gasteiger charge is -2.20. The van der Waals surface area contributed by atoms with Crippen LogP contribution in [0.5, 0.6) is 0 Å². The van der Waals surface area contributed by atoms with Gasteiger partial charge in [0.05, 0.1) is 6.10 Å². The monoisotopic (exact) mass is 273 g/mol. The first-order valence-corrected chi connectivity index (χ1v) is 6.92. The van der Waals surface area contributed by atoms with Crippen LogP contribution < -0.4 is 0 Å². The number of hydrogen-bond donors (Lipinski definition) is 1. The summed E-state index contributed by atoms with van der Waals surface area (Å²) >= 11 is 5.97. The molecule has 1 aliphatic rings. The van der Waals surface area contributed by atoms with Gasteiger partial charge in [0, 0.05) is 22.8 Å². The van der Waals surface area contributed by atoms with Crippen molar-refractivity contribution < 1.29 is 5.11 Å². The molecule has 0 spiro atoms. The van der Waals surface area contributed by atoms with E-state index in [1.165, 1.54) is 5.56 Å². The highest BCUT2D eigenvalue weighted by Crippen LogP contribution is 2.41. The normalized spacial score (nSPS) is 19.2. The van der Waals surface area contributed by atoms with E-state index in [1.54, 1.807) is 6.20 Å². The van der Waals surface area contributed by atoms with Crippen LogP contribution in [0.3, 0.4) is 0 Å². The smallest absolute Gasteiger partial charge is 0.0876 e. The molecule has 1 aromatic carbocycles. The fourth-order valence-corrected chi connectivity index (χ4v) is 3.17. The second-order valence-corrected chi connectivity index (χ2v) is 5.58. The van der Waals surface area contributed by atoms with Gasteiger partial charge in [-0.3, -0.25) is 4.98 Å². The van der Waals surface area contributed by atoms with Crippen molar-refractivity contribution in [3.05, 3.63) is 63.9 Å². The summed E-state index contributed by atoms with van der Waals surface area (Å²) < 4.78 is 0. The Hall–Kier alpha value is -1.38. The van der Waals surface area contributed by atoms with Gasteiger partial charge in [-0.2, -0.15) is 0 Å². The number of aliphatic hydroxyl groups is 1. The summed E-state index contributed by atoms with van der Waals surface area (Å²) in [6.45, 7) is 1.98. The number of benzene rings is 1. The van der Waals surface area contributed by atoms with E-state index in [0.29, 0.717) is 5.02 Å². The van der Waals surface area contributed by atoms with Crippen molar-refractivity contribution >= 4 is 11.6 Å². The fraction of sp³-hybridized carbons (Fsp3) is 0.312. The number of halogens is 1. The topological polar surface area (TPSA) is 33.1 Å². The quantitative estimate of drug-likeness (QED) is 0.903. The molecular weight excluding hydrogens is 258 g/mol. The molecule has 19 heavy (non-hydrogen) atoms. The molecule has 0 radical (unpaired) electrons. The molecule has 98 valence electrons. The Morgan fingerprint density at radius 2 is 2.21 bits per heavy atom. The summed E-state index contributed by atoms with van der Waals surface area (Å²) in [6, 6.07) is 9.71. The van der Waals surface area contributed by atoms with Crippen molar-refractivity contribution in [3.63, 3.8) is 0 Å². The van der Waals surface area contributed by atoms with E-state index in [0.717, 1.165) is 29.7 Å². The van der Waals surface area contributed by atoms with Crippen LogP contribution in [-0.4, -0.2) is 10.1 Å². The van der Waals surface area contributed by atoms with Crippen LogP contribution >= 0.6 is 11.6 Å².